The number of isocyanates is 1. The summed E-state index contributed by atoms with van der Waals surface area (Å²) in [7, 11) is 0. The van der Waals surface area contributed by atoms with E-state index in [-0.39, 0.29) is 16.0 Å². The summed E-state index contributed by atoms with van der Waals surface area (Å²) in [6.07, 6.45) is 2.47. The van der Waals surface area contributed by atoms with Gasteiger partial charge < -0.3 is 0 Å². The fourth-order valence-electron chi connectivity index (χ4n) is 0.476. The molecule has 4 nitrogen and oxygen atoms in total. The van der Waals surface area contributed by atoms with Crippen LogP contribution in [0.1, 0.15) is 0 Å². The van der Waals surface area contributed by atoms with Crippen LogP contribution >= 0.6 is 23.2 Å². The SMILES string of the molecule is O=C=Nc1c(Cl)ncnc1Cl. The van der Waals surface area contributed by atoms with Gasteiger partial charge in [-0.3, -0.25) is 0 Å². The fraction of sp³-hybridized carbons (Fsp3) is 0. The minimum atomic E-state index is 0.0355. The molecule has 0 saturated heterocycles. The van der Waals surface area contributed by atoms with E-state index >= 15 is 0 Å². The zero-order valence-corrected chi connectivity index (χ0v) is 6.60. The van der Waals surface area contributed by atoms with E-state index < -0.39 is 0 Å². The van der Waals surface area contributed by atoms with Crippen molar-refractivity contribution in [2.24, 2.45) is 4.99 Å². The largest absolute Gasteiger partial charge is 0.240 e. The lowest BCUT2D eigenvalue weighted by atomic mass is 10.5. The van der Waals surface area contributed by atoms with Crippen LogP contribution in [0.5, 0.6) is 0 Å². The second-order valence-electron chi connectivity index (χ2n) is 1.51. The van der Waals surface area contributed by atoms with Gasteiger partial charge in [-0.05, 0) is 0 Å². The summed E-state index contributed by atoms with van der Waals surface area (Å²) in [5, 5.41) is 0.0710. The molecule has 0 atom stereocenters. The van der Waals surface area contributed by atoms with E-state index in [4.69, 9.17) is 23.2 Å². The van der Waals surface area contributed by atoms with Crippen LogP contribution in [0.25, 0.3) is 0 Å². The predicted octanol–water partition coefficient (Wildman–Crippen LogP) is 1.75. The van der Waals surface area contributed by atoms with E-state index in [0.717, 1.165) is 0 Å². The molecule has 0 unspecified atom stereocenters. The molecule has 0 aliphatic carbocycles. The molecule has 0 aromatic carbocycles. The number of aromatic nitrogens is 2. The van der Waals surface area contributed by atoms with Crippen LogP contribution in [0, 0.1) is 0 Å². The Bertz CT molecular complexity index is 301. The summed E-state index contributed by atoms with van der Waals surface area (Å²) in [4.78, 5) is 20.1. The molecule has 0 saturated carbocycles. The van der Waals surface area contributed by atoms with Gasteiger partial charge in [0.25, 0.3) is 0 Å². The summed E-state index contributed by atoms with van der Waals surface area (Å²) >= 11 is 11.0. The number of hydrogen-bond donors (Lipinski definition) is 0. The summed E-state index contributed by atoms with van der Waals surface area (Å²) in [5.41, 5.74) is 0.0471. The second-order valence-corrected chi connectivity index (χ2v) is 2.22. The Morgan fingerprint density at radius 3 is 2.36 bits per heavy atom. The molecule has 1 aromatic rings. The molecule has 0 aliphatic heterocycles. The van der Waals surface area contributed by atoms with E-state index in [1.54, 1.807) is 0 Å². The molecule has 6 heteroatoms. The van der Waals surface area contributed by atoms with Crippen LogP contribution in [-0.4, -0.2) is 16.0 Å². The highest BCUT2D eigenvalue weighted by Crippen LogP contribution is 2.27. The molecule has 0 bridgehead atoms. The van der Waals surface area contributed by atoms with Crippen LogP contribution < -0.4 is 0 Å². The van der Waals surface area contributed by atoms with Crippen molar-refractivity contribution in [3.8, 4) is 0 Å². The van der Waals surface area contributed by atoms with E-state index in [1.807, 2.05) is 0 Å². The third kappa shape index (κ3) is 1.74. The molecular weight excluding hydrogens is 189 g/mol. The van der Waals surface area contributed by atoms with Gasteiger partial charge in [0, 0.05) is 0 Å². The van der Waals surface area contributed by atoms with Gasteiger partial charge in [0.1, 0.15) is 6.33 Å². The first-order valence-electron chi connectivity index (χ1n) is 2.49. The molecule has 0 spiro atoms. The van der Waals surface area contributed by atoms with Crippen molar-refractivity contribution in [1.29, 1.82) is 0 Å². The lowest BCUT2D eigenvalue weighted by molar-refractivity contribution is 0.565. The maximum atomic E-state index is 9.81. The van der Waals surface area contributed by atoms with Crippen molar-refractivity contribution in [3.05, 3.63) is 16.6 Å². The highest BCUT2D eigenvalue weighted by Gasteiger charge is 2.05. The summed E-state index contributed by atoms with van der Waals surface area (Å²) < 4.78 is 0. The Morgan fingerprint density at radius 1 is 1.36 bits per heavy atom. The zero-order chi connectivity index (χ0) is 8.27. The van der Waals surface area contributed by atoms with Crippen molar-refractivity contribution < 1.29 is 4.79 Å². The van der Waals surface area contributed by atoms with E-state index in [1.165, 1.54) is 12.4 Å². The van der Waals surface area contributed by atoms with Crippen LogP contribution in [-0.2, 0) is 4.79 Å². The lowest BCUT2D eigenvalue weighted by Crippen LogP contribution is -1.80. The first kappa shape index (κ1) is 8.14. The van der Waals surface area contributed by atoms with E-state index in [0.29, 0.717) is 0 Å². The molecule has 0 fully saturated rings. The Labute approximate surface area is 71.9 Å². The molecule has 0 amide bonds. The molecule has 1 rings (SSSR count). The van der Waals surface area contributed by atoms with Crippen LogP contribution in [0.15, 0.2) is 11.3 Å². The van der Waals surface area contributed by atoms with Crippen molar-refractivity contribution in [1.82, 2.24) is 9.97 Å². The number of aliphatic imine (C=N–C) groups is 1. The number of carbonyl (C=O) groups excluding carboxylic acids is 1. The van der Waals surface area contributed by atoms with Crippen molar-refractivity contribution in [3.63, 3.8) is 0 Å². The summed E-state index contributed by atoms with van der Waals surface area (Å²) in [6.45, 7) is 0. The zero-order valence-electron chi connectivity index (χ0n) is 5.08. The topological polar surface area (TPSA) is 55.2 Å². The van der Waals surface area contributed by atoms with Gasteiger partial charge in [-0.1, -0.05) is 23.2 Å². The van der Waals surface area contributed by atoms with Crippen molar-refractivity contribution in [2.75, 3.05) is 0 Å². The average molecular weight is 190 g/mol. The summed E-state index contributed by atoms with van der Waals surface area (Å²) in [5.74, 6) is 0. The maximum absolute atomic E-state index is 9.81. The van der Waals surface area contributed by atoms with Gasteiger partial charge in [-0.15, -0.1) is 0 Å². The number of nitrogens with zero attached hydrogens (tertiary/aromatic N) is 3. The summed E-state index contributed by atoms with van der Waals surface area (Å²) in [6, 6.07) is 0. The Kier molecular flexibility index (Phi) is 2.54. The van der Waals surface area contributed by atoms with Crippen LogP contribution in [0.3, 0.4) is 0 Å². The second kappa shape index (κ2) is 3.44. The average Bonchev–Trinajstić information content (AvgIpc) is 1.97. The minimum absolute atomic E-state index is 0.0355. The minimum Gasteiger partial charge on any atom is -0.222 e. The number of halogens is 2. The first-order valence-corrected chi connectivity index (χ1v) is 3.25. The molecule has 0 aliphatic rings. The van der Waals surface area contributed by atoms with Gasteiger partial charge in [-0.2, -0.15) is 4.99 Å². The molecule has 1 aromatic heterocycles. The van der Waals surface area contributed by atoms with Gasteiger partial charge in [-0.25, -0.2) is 14.8 Å². The number of hydrogen-bond acceptors (Lipinski definition) is 4. The maximum Gasteiger partial charge on any atom is 0.240 e. The standard InChI is InChI=1S/C5HCl2N3O/c6-4-3(10-2-11)5(7)9-1-8-4/h1H. The van der Waals surface area contributed by atoms with E-state index in [9.17, 15) is 4.79 Å². The Balaban J connectivity index is 3.31. The van der Waals surface area contributed by atoms with Crippen LogP contribution in [0.4, 0.5) is 5.69 Å². The first-order chi connectivity index (χ1) is 5.25. The quantitative estimate of drug-likeness (QED) is 0.385. The monoisotopic (exact) mass is 189 g/mol. The fourth-order valence-corrected chi connectivity index (χ4v) is 0.875. The van der Waals surface area contributed by atoms with Crippen molar-refractivity contribution >= 4 is 35.0 Å². The van der Waals surface area contributed by atoms with Gasteiger partial charge in [0.2, 0.25) is 6.08 Å². The van der Waals surface area contributed by atoms with E-state index in [2.05, 4.69) is 15.0 Å². The third-order valence-electron chi connectivity index (χ3n) is 0.890. The lowest BCUT2D eigenvalue weighted by Gasteiger charge is -1.93. The highest BCUT2D eigenvalue weighted by atomic mass is 35.5. The highest BCUT2D eigenvalue weighted by molar-refractivity contribution is 6.37. The molecule has 0 N–H and O–H groups in total. The predicted molar refractivity (Wildman–Crippen MR) is 39.8 cm³/mol. The van der Waals surface area contributed by atoms with Gasteiger partial charge in [0.15, 0.2) is 16.0 Å². The molecule has 0 radical (unpaired) electrons. The molecule has 1 heterocycles. The van der Waals surface area contributed by atoms with Gasteiger partial charge in [0.05, 0.1) is 0 Å². The van der Waals surface area contributed by atoms with Crippen LogP contribution in [0.2, 0.25) is 10.3 Å². The third-order valence-corrected chi connectivity index (χ3v) is 1.44. The molecule has 11 heavy (non-hydrogen) atoms. The van der Waals surface area contributed by atoms with Crippen molar-refractivity contribution in [2.45, 2.75) is 0 Å². The smallest absolute Gasteiger partial charge is 0.222 e. The Morgan fingerprint density at radius 2 is 1.91 bits per heavy atom. The molecule has 56 valence electrons. The molecular formula is C5HCl2N3O. The Hall–Kier alpha value is -0.960. The van der Waals surface area contributed by atoms with Gasteiger partial charge >= 0.3 is 0 Å². The normalized spacial score (nSPS) is 8.91. The number of rotatable bonds is 1.